The van der Waals surface area contributed by atoms with Gasteiger partial charge in [0.05, 0.1) is 5.92 Å². The molecule has 2 rings (SSSR count). The highest BCUT2D eigenvalue weighted by Gasteiger charge is 2.28. The number of likely N-dealkylation sites (tertiary alicyclic amines) is 1. The summed E-state index contributed by atoms with van der Waals surface area (Å²) in [6, 6.07) is 7.13. The number of nitrogens with one attached hydrogen (secondary N) is 2. The number of nitrogens with zero attached hydrogens (tertiary/aromatic N) is 1. The first kappa shape index (κ1) is 18.7. The van der Waals surface area contributed by atoms with E-state index in [9.17, 15) is 9.59 Å². The highest BCUT2D eigenvalue weighted by atomic mass is 35.5. The second-order valence-electron chi connectivity index (χ2n) is 6.30. The molecule has 0 saturated carbocycles. The minimum absolute atomic E-state index is 0.0355. The zero-order valence-electron chi connectivity index (χ0n) is 14.3. The minimum Gasteiger partial charge on any atom is -0.354 e. The van der Waals surface area contributed by atoms with Gasteiger partial charge in [-0.25, -0.2) is 0 Å². The lowest BCUT2D eigenvalue weighted by Crippen LogP contribution is -2.47. The SMILES string of the molecule is CCN[C@H](C)CNC(=O)C1CCCN(C(=O)c2ccc(Cl)cc2)C1. The summed E-state index contributed by atoms with van der Waals surface area (Å²) in [6.07, 6.45) is 1.67. The Morgan fingerprint density at radius 2 is 2.04 bits per heavy atom. The molecule has 1 saturated heterocycles. The van der Waals surface area contributed by atoms with Crippen LogP contribution in [0.25, 0.3) is 0 Å². The third kappa shape index (κ3) is 5.21. The maximum absolute atomic E-state index is 12.6. The zero-order valence-corrected chi connectivity index (χ0v) is 15.1. The van der Waals surface area contributed by atoms with Crippen molar-refractivity contribution in [3.05, 3.63) is 34.9 Å². The van der Waals surface area contributed by atoms with Gasteiger partial charge in [0.1, 0.15) is 0 Å². The average molecular weight is 352 g/mol. The van der Waals surface area contributed by atoms with Crippen molar-refractivity contribution in [2.45, 2.75) is 32.7 Å². The van der Waals surface area contributed by atoms with Crippen molar-refractivity contribution in [2.24, 2.45) is 5.92 Å². The van der Waals surface area contributed by atoms with E-state index in [2.05, 4.69) is 10.6 Å². The molecule has 2 amide bonds. The van der Waals surface area contributed by atoms with Gasteiger partial charge in [0.2, 0.25) is 5.91 Å². The largest absolute Gasteiger partial charge is 0.354 e. The van der Waals surface area contributed by atoms with E-state index in [1.807, 2.05) is 13.8 Å². The van der Waals surface area contributed by atoms with Gasteiger partial charge >= 0.3 is 0 Å². The van der Waals surface area contributed by atoms with Gasteiger partial charge in [0, 0.05) is 36.3 Å². The number of amides is 2. The van der Waals surface area contributed by atoms with Crippen LogP contribution in [0.3, 0.4) is 0 Å². The standard InChI is InChI=1S/C18H26ClN3O2/c1-3-20-13(2)11-21-17(23)15-5-4-10-22(12-15)18(24)14-6-8-16(19)9-7-14/h6-9,13,15,20H,3-5,10-12H2,1-2H3,(H,21,23)/t13-,15?/m1/s1. The van der Waals surface area contributed by atoms with Gasteiger partial charge in [0.25, 0.3) is 5.91 Å². The molecule has 1 aromatic carbocycles. The van der Waals surface area contributed by atoms with Gasteiger partial charge in [-0.15, -0.1) is 0 Å². The van der Waals surface area contributed by atoms with E-state index in [-0.39, 0.29) is 23.8 Å². The number of carbonyl (C=O) groups excluding carboxylic acids is 2. The molecule has 2 N–H and O–H groups in total. The fraction of sp³-hybridized carbons (Fsp3) is 0.556. The second-order valence-corrected chi connectivity index (χ2v) is 6.74. The molecule has 1 aliphatic rings. The van der Waals surface area contributed by atoms with Crippen LogP contribution >= 0.6 is 11.6 Å². The summed E-state index contributed by atoms with van der Waals surface area (Å²) < 4.78 is 0. The molecule has 1 unspecified atom stereocenters. The normalized spacial score (nSPS) is 19.0. The van der Waals surface area contributed by atoms with Crippen LogP contribution in [-0.2, 0) is 4.79 Å². The van der Waals surface area contributed by atoms with Crippen molar-refractivity contribution >= 4 is 23.4 Å². The van der Waals surface area contributed by atoms with E-state index in [1.54, 1.807) is 29.2 Å². The first-order valence-corrected chi connectivity index (χ1v) is 8.95. The highest BCUT2D eigenvalue weighted by molar-refractivity contribution is 6.30. The summed E-state index contributed by atoms with van der Waals surface area (Å²) in [6.45, 7) is 6.74. The molecule has 1 heterocycles. The van der Waals surface area contributed by atoms with Crippen molar-refractivity contribution in [2.75, 3.05) is 26.2 Å². The van der Waals surface area contributed by atoms with Gasteiger partial charge in [-0.3, -0.25) is 9.59 Å². The van der Waals surface area contributed by atoms with Crippen LogP contribution in [0.4, 0.5) is 0 Å². The highest BCUT2D eigenvalue weighted by Crippen LogP contribution is 2.19. The number of benzene rings is 1. The Morgan fingerprint density at radius 3 is 2.71 bits per heavy atom. The summed E-state index contributed by atoms with van der Waals surface area (Å²) in [5.74, 6) is -0.137. The number of carbonyl (C=O) groups is 2. The first-order chi connectivity index (χ1) is 11.5. The fourth-order valence-corrected chi connectivity index (χ4v) is 3.10. The molecule has 0 aromatic heterocycles. The van der Waals surface area contributed by atoms with E-state index in [4.69, 9.17) is 11.6 Å². The molecule has 1 fully saturated rings. The summed E-state index contributed by atoms with van der Waals surface area (Å²) >= 11 is 5.87. The van der Waals surface area contributed by atoms with Gasteiger partial charge < -0.3 is 15.5 Å². The predicted octanol–water partition coefficient (Wildman–Crippen LogP) is 2.31. The number of hydrogen-bond acceptors (Lipinski definition) is 3. The van der Waals surface area contributed by atoms with Crippen molar-refractivity contribution in [1.29, 1.82) is 0 Å². The molecule has 0 bridgehead atoms. The summed E-state index contributed by atoms with van der Waals surface area (Å²) in [5.41, 5.74) is 0.612. The third-order valence-electron chi connectivity index (χ3n) is 4.31. The van der Waals surface area contributed by atoms with Crippen LogP contribution in [0.15, 0.2) is 24.3 Å². The summed E-state index contributed by atoms with van der Waals surface area (Å²) in [4.78, 5) is 26.7. The number of likely N-dealkylation sites (N-methyl/N-ethyl adjacent to an activating group) is 1. The van der Waals surface area contributed by atoms with E-state index in [0.717, 1.165) is 19.4 Å². The van der Waals surface area contributed by atoms with Gasteiger partial charge in [0.15, 0.2) is 0 Å². The molecular weight excluding hydrogens is 326 g/mol. The van der Waals surface area contributed by atoms with E-state index in [0.29, 0.717) is 30.2 Å². The van der Waals surface area contributed by atoms with Gasteiger partial charge in [-0.05, 0) is 50.6 Å². The van der Waals surface area contributed by atoms with Gasteiger partial charge in [-0.1, -0.05) is 18.5 Å². The number of piperidine rings is 1. The summed E-state index contributed by atoms with van der Waals surface area (Å²) in [5, 5.41) is 6.86. The molecule has 0 spiro atoms. The molecule has 1 aromatic rings. The summed E-state index contributed by atoms with van der Waals surface area (Å²) in [7, 11) is 0. The molecule has 2 atom stereocenters. The lowest BCUT2D eigenvalue weighted by molar-refractivity contribution is -0.126. The van der Waals surface area contributed by atoms with Crippen molar-refractivity contribution in [1.82, 2.24) is 15.5 Å². The van der Waals surface area contributed by atoms with E-state index < -0.39 is 0 Å². The smallest absolute Gasteiger partial charge is 0.253 e. The number of hydrogen-bond donors (Lipinski definition) is 2. The lowest BCUT2D eigenvalue weighted by atomic mass is 9.96. The topological polar surface area (TPSA) is 61.4 Å². The van der Waals surface area contributed by atoms with Crippen LogP contribution in [0.5, 0.6) is 0 Å². The van der Waals surface area contributed by atoms with Gasteiger partial charge in [-0.2, -0.15) is 0 Å². The third-order valence-corrected chi connectivity index (χ3v) is 4.56. The molecule has 132 valence electrons. The molecule has 24 heavy (non-hydrogen) atoms. The van der Waals surface area contributed by atoms with Crippen molar-refractivity contribution in [3.8, 4) is 0 Å². The van der Waals surface area contributed by atoms with Crippen LogP contribution < -0.4 is 10.6 Å². The quantitative estimate of drug-likeness (QED) is 0.826. The van der Waals surface area contributed by atoms with Crippen LogP contribution in [-0.4, -0.2) is 48.9 Å². The fourth-order valence-electron chi connectivity index (χ4n) is 2.97. The first-order valence-electron chi connectivity index (χ1n) is 8.57. The lowest BCUT2D eigenvalue weighted by Gasteiger charge is -2.32. The Kier molecular flexibility index (Phi) is 7.06. The van der Waals surface area contributed by atoms with Crippen LogP contribution in [0.1, 0.15) is 37.0 Å². The molecular formula is C18H26ClN3O2. The second kappa shape index (κ2) is 9.04. The average Bonchev–Trinajstić information content (AvgIpc) is 2.60. The molecule has 0 radical (unpaired) electrons. The minimum atomic E-state index is -0.135. The Labute approximate surface area is 148 Å². The van der Waals surface area contributed by atoms with Crippen LogP contribution in [0.2, 0.25) is 5.02 Å². The molecule has 1 aliphatic heterocycles. The molecule has 6 heteroatoms. The maximum atomic E-state index is 12.6. The molecule has 5 nitrogen and oxygen atoms in total. The van der Waals surface area contributed by atoms with Crippen LogP contribution in [0, 0.1) is 5.92 Å². The molecule has 0 aliphatic carbocycles. The zero-order chi connectivity index (χ0) is 17.5. The number of halogens is 1. The Hall–Kier alpha value is -1.59. The Balaban J connectivity index is 1.90. The van der Waals surface area contributed by atoms with E-state index in [1.165, 1.54) is 0 Å². The van der Waals surface area contributed by atoms with Crippen molar-refractivity contribution in [3.63, 3.8) is 0 Å². The maximum Gasteiger partial charge on any atom is 0.253 e. The number of rotatable bonds is 6. The Morgan fingerprint density at radius 1 is 1.33 bits per heavy atom. The Bertz CT molecular complexity index is 562. The van der Waals surface area contributed by atoms with Crippen molar-refractivity contribution < 1.29 is 9.59 Å². The monoisotopic (exact) mass is 351 g/mol. The van der Waals surface area contributed by atoms with E-state index >= 15 is 0 Å². The predicted molar refractivity (Wildman–Crippen MR) is 96.2 cm³/mol.